The molecule has 4 aromatic rings. The number of fused-ring (bicyclic) bond motifs is 1. The molecule has 7 heteroatoms. The molecule has 0 bridgehead atoms. The standard InChI is InChI=1S/C25H24N6O/c1-17-10-14-31(15-11-17)25(32)28-18-8-9-19-22(16-18)30-24(21-7-3-5-13-27-21)23(29-19)20-6-2-4-12-26-20/h2-9,12-13,16-17H,10-11,14-15H2,1H3,(H,28,32). The molecule has 32 heavy (non-hydrogen) atoms. The number of likely N-dealkylation sites (tertiary alicyclic amines) is 1. The average Bonchev–Trinajstić information content (AvgIpc) is 2.84. The van der Waals surface area contributed by atoms with Gasteiger partial charge in [-0.1, -0.05) is 19.1 Å². The quantitative estimate of drug-likeness (QED) is 0.499. The van der Waals surface area contributed by atoms with E-state index in [4.69, 9.17) is 9.97 Å². The predicted octanol–water partition coefficient (Wildman–Crippen LogP) is 5.02. The minimum absolute atomic E-state index is 0.0701. The Hall–Kier alpha value is -3.87. The number of nitrogens with one attached hydrogen (secondary N) is 1. The second-order valence-electron chi connectivity index (χ2n) is 8.15. The van der Waals surface area contributed by atoms with Crippen LogP contribution in [0.25, 0.3) is 33.8 Å². The van der Waals surface area contributed by atoms with Crippen molar-refractivity contribution in [1.82, 2.24) is 24.8 Å². The van der Waals surface area contributed by atoms with Crippen LogP contribution in [-0.4, -0.2) is 44.0 Å². The molecule has 7 nitrogen and oxygen atoms in total. The van der Waals surface area contributed by atoms with Gasteiger partial charge in [0.1, 0.15) is 11.4 Å². The lowest BCUT2D eigenvalue weighted by Crippen LogP contribution is -2.40. The Kier molecular flexibility index (Phi) is 5.46. The molecule has 0 aliphatic carbocycles. The molecule has 1 N–H and O–H groups in total. The van der Waals surface area contributed by atoms with Crippen LogP contribution in [0.15, 0.2) is 67.0 Å². The number of hydrogen-bond donors (Lipinski definition) is 1. The van der Waals surface area contributed by atoms with Gasteiger partial charge < -0.3 is 10.2 Å². The zero-order valence-electron chi connectivity index (χ0n) is 17.9. The Morgan fingerprint density at radius 1 is 0.875 bits per heavy atom. The number of amides is 2. The fraction of sp³-hybridized carbons (Fsp3) is 0.240. The van der Waals surface area contributed by atoms with Gasteiger partial charge in [-0.3, -0.25) is 9.97 Å². The number of hydrogen-bond acceptors (Lipinski definition) is 5. The molecule has 4 heterocycles. The summed E-state index contributed by atoms with van der Waals surface area (Å²) in [5.74, 6) is 0.674. The van der Waals surface area contributed by atoms with E-state index in [9.17, 15) is 4.79 Å². The maximum absolute atomic E-state index is 12.7. The molecule has 1 aliphatic rings. The van der Waals surface area contributed by atoms with Crippen molar-refractivity contribution in [2.45, 2.75) is 19.8 Å². The SMILES string of the molecule is CC1CCN(C(=O)Nc2ccc3nc(-c4ccccn4)c(-c4ccccn4)nc3c2)CC1. The summed E-state index contributed by atoms with van der Waals surface area (Å²) in [4.78, 5) is 33.2. The molecule has 160 valence electrons. The van der Waals surface area contributed by atoms with Crippen molar-refractivity contribution in [2.75, 3.05) is 18.4 Å². The number of anilines is 1. The Balaban J connectivity index is 1.51. The van der Waals surface area contributed by atoms with Crippen LogP contribution in [-0.2, 0) is 0 Å². The fourth-order valence-electron chi connectivity index (χ4n) is 3.91. The van der Waals surface area contributed by atoms with Gasteiger partial charge in [-0.05, 0) is 61.2 Å². The first-order valence-electron chi connectivity index (χ1n) is 10.9. The van der Waals surface area contributed by atoms with E-state index in [1.165, 1.54) is 0 Å². The van der Waals surface area contributed by atoms with Crippen molar-refractivity contribution in [3.8, 4) is 22.8 Å². The first-order valence-corrected chi connectivity index (χ1v) is 10.9. The molecule has 1 aromatic carbocycles. The molecule has 1 aliphatic heterocycles. The van der Waals surface area contributed by atoms with Crippen LogP contribution in [0.2, 0.25) is 0 Å². The highest BCUT2D eigenvalue weighted by Crippen LogP contribution is 2.29. The van der Waals surface area contributed by atoms with Gasteiger partial charge in [0, 0.05) is 31.2 Å². The number of carbonyl (C=O) groups is 1. The van der Waals surface area contributed by atoms with Gasteiger partial charge in [-0.15, -0.1) is 0 Å². The summed E-state index contributed by atoms with van der Waals surface area (Å²) in [5.41, 5.74) is 4.92. The molecule has 0 spiro atoms. The number of urea groups is 1. The van der Waals surface area contributed by atoms with Crippen LogP contribution in [0, 0.1) is 5.92 Å². The Bertz CT molecular complexity index is 1240. The Labute approximate surface area is 186 Å². The lowest BCUT2D eigenvalue weighted by Gasteiger charge is -2.30. The van der Waals surface area contributed by atoms with Gasteiger partial charge in [0.05, 0.1) is 22.4 Å². The van der Waals surface area contributed by atoms with Crippen molar-refractivity contribution in [3.05, 3.63) is 67.0 Å². The summed E-state index contributed by atoms with van der Waals surface area (Å²) in [6, 6.07) is 16.9. The summed E-state index contributed by atoms with van der Waals surface area (Å²) >= 11 is 0. The second kappa shape index (κ2) is 8.70. The summed E-state index contributed by atoms with van der Waals surface area (Å²) < 4.78 is 0. The number of piperidine rings is 1. The average molecular weight is 425 g/mol. The third kappa shape index (κ3) is 4.14. The summed E-state index contributed by atoms with van der Waals surface area (Å²) in [6.07, 6.45) is 5.56. The highest BCUT2D eigenvalue weighted by Gasteiger charge is 2.21. The second-order valence-corrected chi connectivity index (χ2v) is 8.15. The summed E-state index contributed by atoms with van der Waals surface area (Å²) in [5, 5.41) is 3.02. The van der Waals surface area contributed by atoms with E-state index in [0.717, 1.165) is 42.8 Å². The molecule has 5 rings (SSSR count). The molecule has 0 unspecified atom stereocenters. The molecule has 0 radical (unpaired) electrons. The minimum Gasteiger partial charge on any atom is -0.325 e. The van der Waals surface area contributed by atoms with Crippen molar-refractivity contribution >= 4 is 22.8 Å². The normalized spacial score (nSPS) is 14.5. The fourth-order valence-corrected chi connectivity index (χ4v) is 3.91. The van der Waals surface area contributed by atoms with Gasteiger partial charge in [0.2, 0.25) is 0 Å². The van der Waals surface area contributed by atoms with E-state index in [-0.39, 0.29) is 6.03 Å². The highest BCUT2D eigenvalue weighted by molar-refractivity contribution is 5.93. The van der Waals surface area contributed by atoms with Crippen LogP contribution < -0.4 is 5.32 Å². The van der Waals surface area contributed by atoms with E-state index in [0.29, 0.717) is 28.5 Å². The molecule has 2 amide bonds. The van der Waals surface area contributed by atoms with Gasteiger partial charge in [-0.25, -0.2) is 14.8 Å². The number of benzene rings is 1. The van der Waals surface area contributed by atoms with E-state index >= 15 is 0 Å². The van der Waals surface area contributed by atoms with E-state index < -0.39 is 0 Å². The first-order chi connectivity index (χ1) is 15.7. The zero-order valence-corrected chi connectivity index (χ0v) is 17.9. The van der Waals surface area contributed by atoms with Crippen LogP contribution in [0.1, 0.15) is 19.8 Å². The van der Waals surface area contributed by atoms with E-state index in [2.05, 4.69) is 22.2 Å². The van der Waals surface area contributed by atoms with Crippen LogP contribution >= 0.6 is 0 Å². The maximum Gasteiger partial charge on any atom is 0.321 e. The number of carbonyl (C=O) groups excluding carboxylic acids is 1. The molecule has 3 aromatic heterocycles. The monoisotopic (exact) mass is 424 g/mol. The van der Waals surface area contributed by atoms with Gasteiger partial charge in [0.15, 0.2) is 0 Å². The molecular weight excluding hydrogens is 400 g/mol. The largest absolute Gasteiger partial charge is 0.325 e. The van der Waals surface area contributed by atoms with Crippen LogP contribution in [0.3, 0.4) is 0 Å². The molecule has 1 fully saturated rings. The van der Waals surface area contributed by atoms with Crippen molar-refractivity contribution in [2.24, 2.45) is 5.92 Å². The number of nitrogens with zero attached hydrogens (tertiary/aromatic N) is 5. The first kappa shape index (κ1) is 20.1. The third-order valence-corrected chi connectivity index (χ3v) is 5.80. The smallest absolute Gasteiger partial charge is 0.321 e. The lowest BCUT2D eigenvalue weighted by atomic mass is 10.00. The predicted molar refractivity (Wildman–Crippen MR) is 125 cm³/mol. The van der Waals surface area contributed by atoms with Crippen LogP contribution in [0.5, 0.6) is 0 Å². The number of rotatable bonds is 3. The molecule has 1 saturated heterocycles. The highest BCUT2D eigenvalue weighted by atomic mass is 16.2. The van der Waals surface area contributed by atoms with Crippen LogP contribution in [0.4, 0.5) is 10.5 Å². The van der Waals surface area contributed by atoms with Gasteiger partial charge in [-0.2, -0.15) is 0 Å². The van der Waals surface area contributed by atoms with Gasteiger partial charge in [0.25, 0.3) is 0 Å². The summed E-state index contributed by atoms with van der Waals surface area (Å²) in [7, 11) is 0. The van der Waals surface area contributed by atoms with Crippen molar-refractivity contribution in [1.29, 1.82) is 0 Å². The molecular formula is C25H24N6O. The minimum atomic E-state index is -0.0701. The molecule has 0 saturated carbocycles. The van der Waals surface area contributed by atoms with Crippen molar-refractivity contribution in [3.63, 3.8) is 0 Å². The summed E-state index contributed by atoms with van der Waals surface area (Å²) in [6.45, 7) is 3.81. The Morgan fingerprint density at radius 2 is 1.50 bits per heavy atom. The lowest BCUT2D eigenvalue weighted by molar-refractivity contribution is 0.186. The van der Waals surface area contributed by atoms with E-state index in [1.807, 2.05) is 59.5 Å². The maximum atomic E-state index is 12.7. The number of aromatic nitrogens is 4. The van der Waals surface area contributed by atoms with E-state index in [1.54, 1.807) is 12.4 Å². The Morgan fingerprint density at radius 3 is 2.09 bits per heavy atom. The topological polar surface area (TPSA) is 83.9 Å². The number of pyridine rings is 2. The van der Waals surface area contributed by atoms with Crippen molar-refractivity contribution < 1.29 is 4.79 Å². The zero-order chi connectivity index (χ0) is 21.9. The van der Waals surface area contributed by atoms with Gasteiger partial charge >= 0.3 is 6.03 Å². The third-order valence-electron chi connectivity index (χ3n) is 5.80. The molecule has 0 atom stereocenters.